The third-order valence-corrected chi connectivity index (χ3v) is 4.49. The highest BCUT2D eigenvalue weighted by atomic mass is 16.3. The van der Waals surface area contributed by atoms with Crippen LogP contribution in [0.5, 0.6) is 5.75 Å². The first-order valence-corrected chi connectivity index (χ1v) is 9.29. The number of aromatic nitrogens is 2. The number of phenolic OH excluding ortho intramolecular Hbond substituents is 1. The molecule has 142 valence electrons. The van der Waals surface area contributed by atoms with Gasteiger partial charge in [-0.05, 0) is 30.7 Å². The van der Waals surface area contributed by atoms with Crippen LogP contribution in [0.2, 0.25) is 0 Å². The van der Waals surface area contributed by atoms with Gasteiger partial charge in [-0.2, -0.15) is 5.10 Å². The topological polar surface area (TPSA) is 70.4 Å². The van der Waals surface area contributed by atoms with Crippen molar-refractivity contribution in [2.75, 3.05) is 5.43 Å². The van der Waals surface area contributed by atoms with Crippen LogP contribution >= 0.6 is 0 Å². The molecule has 5 nitrogen and oxygen atoms in total. The Labute approximate surface area is 169 Å². The second-order valence-electron chi connectivity index (χ2n) is 6.52. The van der Waals surface area contributed by atoms with E-state index in [0.717, 1.165) is 22.5 Å². The maximum absolute atomic E-state index is 10.3. The van der Waals surface area contributed by atoms with E-state index in [0.29, 0.717) is 17.2 Å². The first-order valence-electron chi connectivity index (χ1n) is 9.29. The Kier molecular flexibility index (Phi) is 5.29. The van der Waals surface area contributed by atoms with Crippen LogP contribution in [0.1, 0.15) is 12.5 Å². The highest BCUT2D eigenvalue weighted by Crippen LogP contribution is 2.30. The van der Waals surface area contributed by atoms with Gasteiger partial charge in [0.25, 0.3) is 0 Å². The molecule has 0 spiro atoms. The Bertz CT molecular complexity index is 1140. The van der Waals surface area contributed by atoms with Crippen molar-refractivity contribution in [3.63, 3.8) is 0 Å². The van der Waals surface area contributed by atoms with E-state index in [1.54, 1.807) is 12.1 Å². The summed E-state index contributed by atoms with van der Waals surface area (Å²) >= 11 is 0. The van der Waals surface area contributed by atoms with Crippen LogP contribution in [-0.4, -0.2) is 20.8 Å². The lowest BCUT2D eigenvalue weighted by molar-refractivity contribution is 0.477. The number of hydrogen-bond acceptors (Lipinski definition) is 5. The van der Waals surface area contributed by atoms with Gasteiger partial charge in [-0.25, -0.2) is 15.4 Å². The van der Waals surface area contributed by atoms with E-state index in [1.165, 1.54) is 0 Å². The van der Waals surface area contributed by atoms with Gasteiger partial charge in [-0.15, -0.1) is 0 Å². The number of rotatable bonds is 5. The molecule has 0 radical (unpaired) electrons. The molecule has 29 heavy (non-hydrogen) atoms. The lowest BCUT2D eigenvalue weighted by Crippen LogP contribution is -2.04. The second kappa shape index (κ2) is 8.35. The molecule has 4 aromatic rings. The molecule has 0 aliphatic rings. The Balaban J connectivity index is 1.75. The van der Waals surface area contributed by atoms with Gasteiger partial charge in [-0.3, -0.25) is 0 Å². The highest BCUT2D eigenvalue weighted by molar-refractivity contribution is 5.98. The molecule has 0 fully saturated rings. The highest BCUT2D eigenvalue weighted by Gasteiger charge is 2.11. The normalized spacial score (nSPS) is 11.3. The van der Waals surface area contributed by atoms with Crippen LogP contribution in [0, 0.1) is 0 Å². The van der Waals surface area contributed by atoms with E-state index < -0.39 is 0 Å². The maximum atomic E-state index is 10.3. The minimum Gasteiger partial charge on any atom is -0.507 e. The number of para-hydroxylation sites is 1. The summed E-state index contributed by atoms with van der Waals surface area (Å²) in [5.41, 5.74) is 7.76. The van der Waals surface area contributed by atoms with Crippen molar-refractivity contribution in [1.29, 1.82) is 0 Å². The predicted octanol–water partition coefficient (Wildman–Crippen LogP) is 5.35. The minimum absolute atomic E-state index is 0.167. The summed E-state index contributed by atoms with van der Waals surface area (Å²) in [6.45, 7) is 1.92. The van der Waals surface area contributed by atoms with Gasteiger partial charge in [0.1, 0.15) is 5.75 Å². The molecule has 4 rings (SSSR count). The van der Waals surface area contributed by atoms with Crippen molar-refractivity contribution >= 4 is 11.7 Å². The summed E-state index contributed by atoms with van der Waals surface area (Å²) in [5, 5.41) is 14.7. The number of hydrogen-bond donors (Lipinski definition) is 2. The van der Waals surface area contributed by atoms with Crippen molar-refractivity contribution in [2.24, 2.45) is 5.10 Å². The first kappa shape index (κ1) is 18.4. The molecule has 0 atom stereocenters. The van der Waals surface area contributed by atoms with E-state index in [-0.39, 0.29) is 5.75 Å². The van der Waals surface area contributed by atoms with Gasteiger partial charge in [0.15, 0.2) is 0 Å². The zero-order valence-corrected chi connectivity index (χ0v) is 15.9. The molecule has 0 saturated heterocycles. The fraction of sp³-hybridized carbons (Fsp3) is 0.0417. The van der Waals surface area contributed by atoms with Gasteiger partial charge in [-0.1, -0.05) is 72.8 Å². The number of nitrogens with zero attached hydrogens (tertiary/aromatic N) is 3. The molecule has 1 aromatic heterocycles. The Hall–Kier alpha value is -3.99. The van der Waals surface area contributed by atoms with E-state index in [2.05, 4.69) is 20.5 Å². The first-order chi connectivity index (χ1) is 14.2. The van der Waals surface area contributed by atoms with E-state index in [4.69, 9.17) is 0 Å². The van der Waals surface area contributed by atoms with Crippen LogP contribution in [-0.2, 0) is 0 Å². The summed E-state index contributed by atoms with van der Waals surface area (Å²) in [7, 11) is 0. The van der Waals surface area contributed by atoms with Crippen LogP contribution in [0.25, 0.3) is 22.5 Å². The van der Waals surface area contributed by atoms with E-state index >= 15 is 0 Å². The van der Waals surface area contributed by atoms with Crippen LogP contribution in [0.3, 0.4) is 0 Å². The fourth-order valence-electron chi connectivity index (χ4n) is 2.96. The molecule has 0 aliphatic heterocycles. The van der Waals surface area contributed by atoms with Gasteiger partial charge >= 0.3 is 0 Å². The number of aromatic hydroxyl groups is 1. The van der Waals surface area contributed by atoms with Gasteiger partial charge in [0.05, 0.1) is 17.1 Å². The Morgan fingerprint density at radius 2 is 1.41 bits per heavy atom. The average molecular weight is 380 g/mol. The van der Waals surface area contributed by atoms with E-state index in [9.17, 15) is 5.11 Å². The molecule has 0 unspecified atom stereocenters. The third kappa shape index (κ3) is 4.30. The average Bonchev–Trinajstić information content (AvgIpc) is 2.79. The summed E-state index contributed by atoms with van der Waals surface area (Å²) < 4.78 is 0. The molecule has 0 bridgehead atoms. The number of phenols is 1. The summed E-state index contributed by atoms with van der Waals surface area (Å²) in [6.07, 6.45) is 0. The Morgan fingerprint density at radius 1 is 0.793 bits per heavy atom. The van der Waals surface area contributed by atoms with Gasteiger partial charge < -0.3 is 5.11 Å². The maximum Gasteiger partial charge on any atom is 0.244 e. The zero-order valence-electron chi connectivity index (χ0n) is 15.9. The lowest BCUT2D eigenvalue weighted by atomic mass is 10.1. The lowest BCUT2D eigenvalue weighted by Gasteiger charge is -2.10. The van der Waals surface area contributed by atoms with Gasteiger partial charge in [0.2, 0.25) is 5.95 Å². The quantitative estimate of drug-likeness (QED) is 0.362. The molecule has 0 amide bonds. The summed E-state index contributed by atoms with van der Waals surface area (Å²) in [4.78, 5) is 9.18. The number of nitrogens with one attached hydrogen (secondary N) is 1. The largest absolute Gasteiger partial charge is 0.507 e. The Morgan fingerprint density at radius 3 is 2.14 bits per heavy atom. The third-order valence-electron chi connectivity index (χ3n) is 4.49. The molecular formula is C24H20N4O. The molecule has 2 N–H and O–H groups in total. The molecule has 0 saturated carbocycles. The number of benzene rings is 3. The van der Waals surface area contributed by atoms with Crippen molar-refractivity contribution in [1.82, 2.24) is 9.97 Å². The smallest absolute Gasteiger partial charge is 0.244 e. The van der Waals surface area contributed by atoms with Crippen molar-refractivity contribution in [3.8, 4) is 28.3 Å². The molecular weight excluding hydrogens is 360 g/mol. The molecule has 5 heteroatoms. The summed E-state index contributed by atoms with van der Waals surface area (Å²) in [5.74, 6) is 0.528. The number of anilines is 1. The molecule has 1 heterocycles. The second-order valence-corrected chi connectivity index (χ2v) is 6.52. The van der Waals surface area contributed by atoms with Crippen LogP contribution < -0.4 is 5.43 Å². The molecule has 0 aliphatic carbocycles. The monoisotopic (exact) mass is 380 g/mol. The minimum atomic E-state index is 0.167. The van der Waals surface area contributed by atoms with Crippen molar-refractivity contribution in [3.05, 3.63) is 96.6 Å². The molecule has 3 aromatic carbocycles. The SMILES string of the molecule is C/C(=N/Nc1nc(-c2ccccc2)cc(-c2ccccc2O)n1)c1ccccc1. The standard InChI is InChI=1S/C24H20N4O/c1-17(18-10-4-2-5-11-18)27-28-24-25-21(19-12-6-3-7-13-19)16-22(26-24)20-14-8-9-15-23(20)29/h2-16,29H,1H3,(H,25,26,28)/b27-17-. The van der Waals surface area contributed by atoms with Crippen molar-refractivity contribution < 1.29 is 5.11 Å². The van der Waals surface area contributed by atoms with Gasteiger partial charge in [0, 0.05) is 11.1 Å². The fourth-order valence-corrected chi connectivity index (χ4v) is 2.96. The summed E-state index contributed by atoms with van der Waals surface area (Å²) in [6, 6.07) is 28.7. The number of hydrazone groups is 1. The van der Waals surface area contributed by atoms with Crippen LogP contribution in [0.4, 0.5) is 5.95 Å². The van der Waals surface area contributed by atoms with Crippen molar-refractivity contribution in [2.45, 2.75) is 6.92 Å². The van der Waals surface area contributed by atoms with E-state index in [1.807, 2.05) is 85.8 Å². The van der Waals surface area contributed by atoms with Crippen LogP contribution in [0.15, 0.2) is 96.1 Å². The predicted molar refractivity (Wildman–Crippen MR) is 117 cm³/mol. The zero-order chi connectivity index (χ0) is 20.1.